The van der Waals surface area contributed by atoms with E-state index in [2.05, 4.69) is 10.1 Å². The number of nitrogen functional groups attached to an aromatic ring is 1. The smallest absolute Gasteiger partial charge is 0.407 e. The Hall–Kier alpha value is -1.80. The zero-order valence-corrected chi connectivity index (χ0v) is 12.8. The summed E-state index contributed by atoms with van der Waals surface area (Å²) in [7, 11) is -2.33. The highest BCUT2D eigenvalue weighted by Gasteiger charge is 2.34. The van der Waals surface area contributed by atoms with Gasteiger partial charge in [0.05, 0.1) is 12.0 Å². The lowest BCUT2D eigenvalue weighted by atomic mass is 10.2. The maximum atomic E-state index is 12.6. The minimum atomic E-state index is -3.61. The molecule has 2 rings (SSSR count). The zero-order valence-electron chi connectivity index (χ0n) is 12.0. The molecule has 1 aliphatic heterocycles. The first-order valence-corrected chi connectivity index (χ1v) is 7.99. The molecular weight excluding hydrogens is 294 g/mol. The van der Waals surface area contributed by atoms with Gasteiger partial charge in [0.1, 0.15) is 0 Å². The van der Waals surface area contributed by atoms with Gasteiger partial charge >= 0.3 is 6.09 Å². The Balaban J connectivity index is 2.18. The Morgan fingerprint density at radius 3 is 2.86 bits per heavy atom. The van der Waals surface area contributed by atoms with Crippen LogP contribution in [0.3, 0.4) is 0 Å². The summed E-state index contributed by atoms with van der Waals surface area (Å²) in [5.41, 5.74) is 6.73. The largest absolute Gasteiger partial charge is 0.453 e. The van der Waals surface area contributed by atoms with Gasteiger partial charge in [0.25, 0.3) is 0 Å². The molecule has 1 unspecified atom stereocenters. The van der Waals surface area contributed by atoms with E-state index in [0.29, 0.717) is 24.2 Å². The summed E-state index contributed by atoms with van der Waals surface area (Å²) >= 11 is 0. The minimum absolute atomic E-state index is 0.209. The van der Waals surface area contributed by atoms with E-state index < -0.39 is 16.1 Å². The molecule has 0 radical (unpaired) electrons. The van der Waals surface area contributed by atoms with Crippen LogP contribution in [0.25, 0.3) is 0 Å². The number of anilines is 1. The third kappa shape index (κ3) is 3.27. The fourth-order valence-corrected chi connectivity index (χ4v) is 4.08. The molecular formula is C13H19N3O4S. The van der Waals surface area contributed by atoms with Crippen molar-refractivity contribution in [1.29, 1.82) is 0 Å². The fraction of sp³-hybridized carbons (Fsp3) is 0.462. The molecule has 1 aromatic carbocycles. The number of nitrogens with two attached hydrogens (primary N) is 1. The van der Waals surface area contributed by atoms with Crippen molar-refractivity contribution < 1.29 is 17.9 Å². The van der Waals surface area contributed by atoms with E-state index >= 15 is 0 Å². The number of ether oxygens (including phenoxy) is 1. The summed E-state index contributed by atoms with van der Waals surface area (Å²) < 4.78 is 31.1. The molecule has 1 aromatic rings. The second-order valence-electron chi connectivity index (χ2n) is 5.01. The summed E-state index contributed by atoms with van der Waals surface area (Å²) in [5.74, 6) is 0. The van der Waals surface area contributed by atoms with Crippen molar-refractivity contribution in [3.63, 3.8) is 0 Å². The van der Waals surface area contributed by atoms with Crippen molar-refractivity contribution in [2.75, 3.05) is 25.9 Å². The molecule has 1 amide bonds. The SMILES string of the molecule is COC(=O)NC1CCN(S(=O)(=O)c2cc(N)ccc2C)C1. The van der Waals surface area contributed by atoms with Gasteiger partial charge < -0.3 is 15.8 Å². The van der Waals surface area contributed by atoms with Crippen LogP contribution < -0.4 is 11.1 Å². The molecule has 21 heavy (non-hydrogen) atoms. The Bertz CT molecular complexity index is 645. The van der Waals surface area contributed by atoms with Gasteiger partial charge in [-0.1, -0.05) is 6.07 Å². The second kappa shape index (κ2) is 5.90. The van der Waals surface area contributed by atoms with E-state index in [9.17, 15) is 13.2 Å². The number of carbonyl (C=O) groups is 1. The number of nitrogens with one attached hydrogen (secondary N) is 1. The average Bonchev–Trinajstić information content (AvgIpc) is 2.90. The molecule has 8 heteroatoms. The maximum Gasteiger partial charge on any atom is 0.407 e. The third-order valence-electron chi connectivity index (χ3n) is 3.49. The van der Waals surface area contributed by atoms with Crippen LogP contribution >= 0.6 is 0 Å². The molecule has 0 aliphatic carbocycles. The van der Waals surface area contributed by atoms with Crippen molar-refractivity contribution in [2.45, 2.75) is 24.3 Å². The molecule has 1 atom stereocenters. The molecule has 0 saturated carbocycles. The van der Waals surface area contributed by atoms with Crippen molar-refractivity contribution in [2.24, 2.45) is 0 Å². The standard InChI is InChI=1S/C13H19N3O4S/c1-9-3-4-10(14)7-12(9)21(18,19)16-6-5-11(8-16)15-13(17)20-2/h3-4,7,11H,5-6,8,14H2,1-2H3,(H,15,17). The molecule has 116 valence electrons. The summed E-state index contributed by atoms with van der Waals surface area (Å²) in [6.45, 7) is 2.31. The van der Waals surface area contributed by atoms with E-state index in [0.717, 1.165) is 0 Å². The monoisotopic (exact) mass is 313 g/mol. The van der Waals surface area contributed by atoms with Gasteiger partial charge in [0, 0.05) is 24.8 Å². The molecule has 1 saturated heterocycles. The van der Waals surface area contributed by atoms with Crippen LogP contribution in [-0.2, 0) is 14.8 Å². The quantitative estimate of drug-likeness (QED) is 0.800. The van der Waals surface area contributed by atoms with Crippen LogP contribution in [0.5, 0.6) is 0 Å². The predicted molar refractivity (Wildman–Crippen MR) is 78.3 cm³/mol. The van der Waals surface area contributed by atoms with Crippen molar-refractivity contribution in [3.8, 4) is 0 Å². The first kappa shape index (κ1) is 15.6. The molecule has 1 fully saturated rings. The highest BCUT2D eigenvalue weighted by Crippen LogP contribution is 2.25. The van der Waals surface area contributed by atoms with Gasteiger partial charge in [-0.2, -0.15) is 4.31 Å². The van der Waals surface area contributed by atoms with Crippen LogP contribution in [0.15, 0.2) is 23.1 Å². The first-order valence-electron chi connectivity index (χ1n) is 6.55. The molecule has 0 aromatic heterocycles. The highest BCUT2D eigenvalue weighted by molar-refractivity contribution is 7.89. The Morgan fingerprint density at radius 2 is 2.19 bits per heavy atom. The third-order valence-corrected chi connectivity index (χ3v) is 5.50. The lowest BCUT2D eigenvalue weighted by Crippen LogP contribution is -2.38. The van der Waals surface area contributed by atoms with Gasteiger partial charge in [-0.3, -0.25) is 0 Å². The van der Waals surface area contributed by atoms with Gasteiger partial charge in [-0.25, -0.2) is 13.2 Å². The highest BCUT2D eigenvalue weighted by atomic mass is 32.2. The molecule has 3 N–H and O–H groups in total. The van der Waals surface area contributed by atoms with E-state index in [4.69, 9.17) is 5.73 Å². The van der Waals surface area contributed by atoms with Crippen LogP contribution in [0, 0.1) is 6.92 Å². The van der Waals surface area contributed by atoms with Crippen molar-refractivity contribution in [1.82, 2.24) is 9.62 Å². The van der Waals surface area contributed by atoms with Crippen LogP contribution in [0.1, 0.15) is 12.0 Å². The normalized spacial score (nSPS) is 19.4. The van der Waals surface area contributed by atoms with E-state index in [1.54, 1.807) is 19.1 Å². The zero-order chi connectivity index (χ0) is 15.6. The molecule has 0 spiro atoms. The summed E-state index contributed by atoms with van der Waals surface area (Å²) in [4.78, 5) is 11.4. The average molecular weight is 313 g/mol. The van der Waals surface area contributed by atoms with E-state index in [1.165, 1.54) is 17.5 Å². The summed E-state index contributed by atoms with van der Waals surface area (Å²) in [6, 6.07) is 4.57. The Kier molecular flexibility index (Phi) is 4.38. The van der Waals surface area contributed by atoms with E-state index in [-0.39, 0.29) is 17.5 Å². The maximum absolute atomic E-state index is 12.6. The van der Waals surface area contributed by atoms with Crippen LogP contribution in [0.2, 0.25) is 0 Å². The van der Waals surface area contributed by atoms with Crippen LogP contribution in [0.4, 0.5) is 10.5 Å². The fourth-order valence-electron chi connectivity index (χ4n) is 2.32. The number of nitrogens with zero attached hydrogens (tertiary/aromatic N) is 1. The first-order chi connectivity index (χ1) is 9.84. The topological polar surface area (TPSA) is 102 Å². The predicted octanol–water partition coefficient (Wildman–Crippen LogP) is 0.696. The summed E-state index contributed by atoms with van der Waals surface area (Å²) in [5, 5.41) is 2.62. The van der Waals surface area contributed by atoms with Gasteiger partial charge in [0.15, 0.2) is 0 Å². The molecule has 1 aliphatic rings. The lowest BCUT2D eigenvalue weighted by molar-refractivity contribution is 0.167. The molecule has 1 heterocycles. The summed E-state index contributed by atoms with van der Waals surface area (Å²) in [6.07, 6.45) is -0.00484. The number of hydrogen-bond acceptors (Lipinski definition) is 5. The number of sulfonamides is 1. The number of hydrogen-bond donors (Lipinski definition) is 2. The van der Waals surface area contributed by atoms with Crippen LogP contribution in [-0.4, -0.2) is 45.1 Å². The number of rotatable bonds is 3. The van der Waals surface area contributed by atoms with Gasteiger partial charge in [0.2, 0.25) is 10.0 Å². The number of aryl methyl sites for hydroxylation is 1. The number of carbonyl (C=O) groups excluding carboxylic acids is 1. The Labute approximate surface area is 124 Å². The minimum Gasteiger partial charge on any atom is -0.453 e. The van der Waals surface area contributed by atoms with Crippen molar-refractivity contribution in [3.05, 3.63) is 23.8 Å². The number of methoxy groups -OCH3 is 1. The van der Waals surface area contributed by atoms with E-state index in [1.807, 2.05) is 0 Å². The number of benzene rings is 1. The second-order valence-corrected chi connectivity index (χ2v) is 6.92. The Morgan fingerprint density at radius 1 is 1.48 bits per heavy atom. The molecule has 0 bridgehead atoms. The number of amides is 1. The van der Waals surface area contributed by atoms with Crippen molar-refractivity contribution >= 4 is 21.8 Å². The molecule has 7 nitrogen and oxygen atoms in total. The van der Waals surface area contributed by atoms with Gasteiger partial charge in [-0.15, -0.1) is 0 Å². The number of alkyl carbamates (subject to hydrolysis) is 1. The lowest BCUT2D eigenvalue weighted by Gasteiger charge is -2.18. The van der Waals surface area contributed by atoms with Gasteiger partial charge in [-0.05, 0) is 31.0 Å².